The van der Waals surface area contributed by atoms with E-state index >= 15 is 0 Å². The third kappa shape index (κ3) is 4.33. The molecule has 0 radical (unpaired) electrons. The summed E-state index contributed by atoms with van der Waals surface area (Å²) in [5, 5.41) is 2.90. The lowest BCUT2D eigenvalue weighted by Gasteiger charge is -2.23. The fourth-order valence-electron chi connectivity index (χ4n) is 0.957. The van der Waals surface area contributed by atoms with Crippen LogP contribution in [0.4, 0.5) is 0 Å². The highest BCUT2D eigenvalue weighted by Gasteiger charge is 2.22. The molecule has 1 unspecified atom stereocenters. The molecule has 0 saturated heterocycles. The maximum absolute atomic E-state index is 11.4. The summed E-state index contributed by atoms with van der Waals surface area (Å²) >= 11 is 0. The Hall–Kier alpha value is -0.960. The van der Waals surface area contributed by atoms with Crippen molar-refractivity contribution in [1.82, 2.24) is 5.32 Å². The van der Waals surface area contributed by atoms with E-state index in [9.17, 15) is 4.79 Å². The summed E-state index contributed by atoms with van der Waals surface area (Å²) in [4.78, 5) is 11.4. The van der Waals surface area contributed by atoms with Gasteiger partial charge in [0.15, 0.2) is 0 Å². The third-order valence-corrected chi connectivity index (χ3v) is 1.45. The van der Waals surface area contributed by atoms with Gasteiger partial charge in [-0.1, -0.05) is 12.2 Å². The van der Waals surface area contributed by atoms with Crippen molar-refractivity contribution < 1.29 is 9.53 Å². The van der Waals surface area contributed by atoms with E-state index in [0.29, 0.717) is 0 Å². The van der Waals surface area contributed by atoms with Crippen LogP contribution in [0, 0.1) is 0 Å². The van der Waals surface area contributed by atoms with E-state index in [1.165, 1.54) is 0 Å². The van der Waals surface area contributed by atoms with Crippen LogP contribution in [0.2, 0.25) is 0 Å². The van der Waals surface area contributed by atoms with Gasteiger partial charge < -0.3 is 10.1 Å². The Morgan fingerprint density at radius 3 is 2.43 bits per heavy atom. The first-order valence-electron chi connectivity index (χ1n) is 4.31. The number of hydrogen-bond acceptors (Lipinski definition) is 3. The molecule has 0 aromatic rings. The lowest BCUT2D eigenvalue weighted by molar-refractivity contribution is -0.155. The van der Waals surface area contributed by atoms with Gasteiger partial charge in [-0.3, -0.25) is 0 Å². The highest BCUT2D eigenvalue weighted by Crippen LogP contribution is 2.09. The van der Waals surface area contributed by atoms with Crippen molar-refractivity contribution in [1.29, 1.82) is 0 Å². The second kappa shape index (κ2) is 5.05. The molecule has 80 valence electrons. The number of esters is 1. The Morgan fingerprint density at radius 1 is 1.36 bits per heavy atom. The summed E-state index contributed by atoms with van der Waals surface area (Å²) < 4.78 is 5.19. The van der Waals surface area contributed by atoms with Crippen molar-refractivity contribution in [2.75, 3.05) is 0 Å². The molecule has 0 bridgehead atoms. The summed E-state index contributed by atoms with van der Waals surface area (Å²) in [5.41, 5.74) is -0.423. The van der Waals surface area contributed by atoms with Gasteiger partial charge in [-0.2, -0.15) is 0 Å². The first-order valence-corrected chi connectivity index (χ1v) is 4.31. The van der Waals surface area contributed by atoms with Gasteiger partial charge in [-0.15, -0.1) is 12.4 Å². The predicted molar refractivity (Wildman–Crippen MR) is 58.3 cm³/mol. The largest absolute Gasteiger partial charge is 0.458 e. The average molecular weight is 218 g/mol. The van der Waals surface area contributed by atoms with E-state index in [1.807, 2.05) is 32.9 Å². The summed E-state index contributed by atoms with van der Waals surface area (Å²) in [6, 6.07) is -0.343. The fourth-order valence-corrected chi connectivity index (χ4v) is 0.957. The van der Waals surface area contributed by atoms with Crippen LogP contribution in [0.5, 0.6) is 0 Å². The topological polar surface area (TPSA) is 38.3 Å². The average Bonchev–Trinajstić information content (AvgIpc) is 2.03. The normalized spacial score (nSPS) is 19.5. The maximum Gasteiger partial charge on any atom is 0.333 e. The van der Waals surface area contributed by atoms with Crippen molar-refractivity contribution in [3.63, 3.8) is 0 Å². The van der Waals surface area contributed by atoms with Crippen LogP contribution in [-0.4, -0.2) is 17.6 Å². The van der Waals surface area contributed by atoms with Crippen molar-refractivity contribution in [3.8, 4) is 0 Å². The summed E-state index contributed by atoms with van der Waals surface area (Å²) in [6.45, 7) is 5.56. The minimum atomic E-state index is -0.423. The Labute approximate surface area is 90.6 Å². The molecule has 14 heavy (non-hydrogen) atoms. The molecular weight excluding hydrogens is 202 g/mol. The molecule has 1 N–H and O–H groups in total. The summed E-state index contributed by atoms with van der Waals surface area (Å²) in [6.07, 6.45) is 7.16. The first kappa shape index (κ1) is 13.0. The molecule has 0 amide bonds. The number of nitrogens with one attached hydrogen (secondary N) is 1. The van der Waals surface area contributed by atoms with Crippen LogP contribution in [0.15, 0.2) is 24.4 Å². The molecule has 1 aliphatic heterocycles. The van der Waals surface area contributed by atoms with E-state index in [-0.39, 0.29) is 24.4 Å². The molecule has 1 atom stereocenters. The number of ether oxygens (including phenoxy) is 1. The molecule has 3 nitrogen and oxygen atoms in total. The van der Waals surface area contributed by atoms with E-state index in [4.69, 9.17) is 4.74 Å². The van der Waals surface area contributed by atoms with Crippen molar-refractivity contribution >= 4 is 18.4 Å². The standard InChI is InChI=1S/C10H15NO2.ClH/c1-10(2,3)13-9(12)8-6-4-5-7-11-8;/h4-8,11H,1-3H3;1H. The quantitative estimate of drug-likeness (QED) is 0.681. The zero-order valence-electron chi connectivity index (χ0n) is 8.61. The number of halogens is 1. The molecule has 0 aromatic heterocycles. The zero-order valence-corrected chi connectivity index (χ0v) is 9.43. The second-order valence-corrected chi connectivity index (χ2v) is 3.92. The number of allylic oxidation sites excluding steroid dienone is 2. The van der Waals surface area contributed by atoms with E-state index in [0.717, 1.165) is 0 Å². The van der Waals surface area contributed by atoms with Gasteiger partial charge >= 0.3 is 5.97 Å². The van der Waals surface area contributed by atoms with Crippen molar-refractivity contribution in [3.05, 3.63) is 24.4 Å². The lowest BCUT2D eigenvalue weighted by atomic mass is 10.1. The molecule has 0 aromatic carbocycles. The smallest absolute Gasteiger partial charge is 0.333 e. The maximum atomic E-state index is 11.4. The van der Waals surface area contributed by atoms with Crippen LogP contribution in [0.25, 0.3) is 0 Å². The minimum Gasteiger partial charge on any atom is -0.458 e. The van der Waals surface area contributed by atoms with Crippen LogP contribution in [0.3, 0.4) is 0 Å². The van der Waals surface area contributed by atoms with Crippen LogP contribution >= 0.6 is 12.4 Å². The summed E-state index contributed by atoms with van der Waals surface area (Å²) in [5.74, 6) is -0.242. The molecular formula is C10H16ClNO2. The molecule has 1 rings (SSSR count). The first-order chi connectivity index (χ1) is 5.99. The number of rotatable bonds is 1. The van der Waals surface area contributed by atoms with E-state index < -0.39 is 5.60 Å². The molecule has 0 fully saturated rings. The van der Waals surface area contributed by atoms with Gasteiger partial charge in [0.1, 0.15) is 11.6 Å². The number of carbonyl (C=O) groups is 1. The van der Waals surface area contributed by atoms with Crippen molar-refractivity contribution in [2.45, 2.75) is 32.4 Å². The molecule has 1 heterocycles. The molecule has 0 saturated carbocycles. The van der Waals surface area contributed by atoms with Gasteiger partial charge in [0, 0.05) is 0 Å². The Balaban J connectivity index is 0.00000169. The molecule has 1 aliphatic rings. The highest BCUT2D eigenvalue weighted by atomic mass is 35.5. The SMILES string of the molecule is CC(C)(C)OC(=O)C1C=CC=CN1.Cl. The van der Waals surface area contributed by atoms with Gasteiger partial charge in [0.05, 0.1) is 0 Å². The number of dihydropyridines is 1. The van der Waals surface area contributed by atoms with E-state index in [1.54, 1.807) is 12.3 Å². The minimum absolute atomic E-state index is 0. The van der Waals surface area contributed by atoms with Crippen LogP contribution in [0.1, 0.15) is 20.8 Å². The molecule has 0 spiro atoms. The molecule has 0 aliphatic carbocycles. The Morgan fingerprint density at radius 2 is 2.00 bits per heavy atom. The lowest BCUT2D eigenvalue weighted by Crippen LogP contribution is -2.38. The Kier molecular flexibility index (Phi) is 4.71. The van der Waals surface area contributed by atoms with Gasteiger partial charge in [-0.05, 0) is 33.0 Å². The highest BCUT2D eigenvalue weighted by molar-refractivity contribution is 5.85. The van der Waals surface area contributed by atoms with Crippen LogP contribution in [-0.2, 0) is 9.53 Å². The fraction of sp³-hybridized carbons (Fsp3) is 0.500. The Bertz CT molecular complexity index is 253. The monoisotopic (exact) mass is 217 g/mol. The second-order valence-electron chi connectivity index (χ2n) is 3.92. The number of hydrogen-bond donors (Lipinski definition) is 1. The van der Waals surface area contributed by atoms with E-state index in [2.05, 4.69) is 5.32 Å². The van der Waals surface area contributed by atoms with Gasteiger partial charge in [-0.25, -0.2) is 4.79 Å². The van der Waals surface area contributed by atoms with Crippen LogP contribution < -0.4 is 5.32 Å². The van der Waals surface area contributed by atoms with Gasteiger partial charge in [0.25, 0.3) is 0 Å². The van der Waals surface area contributed by atoms with Crippen molar-refractivity contribution in [2.24, 2.45) is 0 Å². The zero-order chi connectivity index (χ0) is 9.90. The molecule has 4 heteroatoms. The van der Waals surface area contributed by atoms with Gasteiger partial charge in [0.2, 0.25) is 0 Å². The number of carbonyl (C=O) groups excluding carboxylic acids is 1. The predicted octanol–water partition coefficient (Wildman–Crippen LogP) is 1.79. The summed E-state index contributed by atoms with van der Waals surface area (Å²) in [7, 11) is 0. The third-order valence-electron chi connectivity index (χ3n) is 1.45.